The first kappa shape index (κ1) is 40.3. The van der Waals surface area contributed by atoms with Crippen LogP contribution in [-0.2, 0) is 6.42 Å². The third-order valence-electron chi connectivity index (χ3n) is 12.8. The minimum Gasteiger partial charge on any atom is -0.473 e. The molecule has 1 aliphatic carbocycles. The van der Waals surface area contributed by atoms with Gasteiger partial charge in [-0.3, -0.25) is 14.7 Å². The quantitative estimate of drug-likeness (QED) is 0.139. The van der Waals surface area contributed by atoms with E-state index in [2.05, 4.69) is 74.7 Å². The average Bonchev–Trinajstić information content (AvgIpc) is 4.04. The molecule has 14 heteroatoms. The maximum absolute atomic E-state index is 14.7. The Labute approximate surface area is 366 Å². The van der Waals surface area contributed by atoms with Gasteiger partial charge < -0.3 is 20.1 Å². The smallest absolute Gasteiger partial charge is 0.256 e. The van der Waals surface area contributed by atoms with Gasteiger partial charge in [-0.2, -0.15) is 30.0 Å². The second-order valence-corrected chi connectivity index (χ2v) is 17.0. The van der Waals surface area contributed by atoms with Crippen molar-refractivity contribution in [1.29, 1.82) is 0 Å². The van der Waals surface area contributed by atoms with Crippen molar-refractivity contribution in [1.82, 2.24) is 50.1 Å². The molecule has 63 heavy (non-hydrogen) atoms. The summed E-state index contributed by atoms with van der Waals surface area (Å²) in [7, 11) is 0. The summed E-state index contributed by atoms with van der Waals surface area (Å²) < 4.78 is 6.51. The van der Waals surface area contributed by atoms with Gasteiger partial charge in [-0.15, -0.1) is 0 Å². The molecule has 6 aromatic rings. The van der Waals surface area contributed by atoms with Crippen molar-refractivity contribution in [3.8, 4) is 17.3 Å². The fraction of sp³-hybridized carbons (Fsp3) is 0.327. The average molecular weight is 842 g/mol. The number of hydrogen-bond donors (Lipinski definition) is 2. The molecule has 3 aromatic carbocycles. The molecule has 0 spiro atoms. The number of fused-ring (bicyclic) bond motifs is 2. The summed E-state index contributed by atoms with van der Waals surface area (Å²) in [5.74, 6) is 1.64. The number of benzene rings is 3. The van der Waals surface area contributed by atoms with E-state index < -0.39 is 6.23 Å². The van der Waals surface area contributed by atoms with Crippen LogP contribution in [0.4, 0.5) is 0 Å². The number of aliphatic hydroxyl groups excluding tert-OH is 1. The van der Waals surface area contributed by atoms with Crippen LogP contribution in [-0.4, -0.2) is 98.9 Å². The molecule has 14 nitrogen and oxygen atoms in total. The van der Waals surface area contributed by atoms with Crippen LogP contribution in [0.1, 0.15) is 79.4 Å². The highest BCUT2D eigenvalue weighted by Gasteiger charge is 2.35. The molecule has 0 radical (unpaired) electrons. The predicted molar refractivity (Wildman–Crippen MR) is 241 cm³/mol. The van der Waals surface area contributed by atoms with Gasteiger partial charge in [0.2, 0.25) is 5.88 Å². The summed E-state index contributed by atoms with van der Waals surface area (Å²) in [6.07, 6.45) is 21.2. The highest BCUT2D eigenvalue weighted by Crippen LogP contribution is 2.33. The lowest BCUT2D eigenvalue weighted by molar-refractivity contribution is -0.0668. The van der Waals surface area contributed by atoms with E-state index in [4.69, 9.17) is 14.8 Å². The first-order chi connectivity index (χ1) is 30.9. The molecule has 320 valence electrons. The number of carbonyl (C=O) groups excluding carboxylic acids is 1. The molecule has 3 aromatic heterocycles. The number of pyridine rings is 1. The fourth-order valence-electron chi connectivity index (χ4n) is 9.35. The molecule has 6 atom stereocenters. The van der Waals surface area contributed by atoms with Crippen LogP contribution in [0.25, 0.3) is 22.1 Å². The Morgan fingerprint density at radius 2 is 1.73 bits per heavy atom. The van der Waals surface area contributed by atoms with Crippen LogP contribution in [0.2, 0.25) is 0 Å². The molecular weight excluding hydrogens is 791 g/mol. The molecule has 2 fully saturated rings. The number of amidine groups is 1. The zero-order valence-electron chi connectivity index (χ0n) is 35.5. The molecule has 10 rings (SSSR count). The van der Waals surface area contributed by atoms with E-state index in [-0.39, 0.29) is 36.1 Å². The Hall–Kier alpha value is -6.77. The first-order valence-corrected chi connectivity index (χ1v) is 22.0. The number of piperidine rings is 2. The Bertz CT molecular complexity index is 2730. The number of nitrogens with one attached hydrogen (secondary N) is 1. The first-order valence-electron chi connectivity index (χ1n) is 22.0. The number of ether oxygens (including phenoxy) is 1. The van der Waals surface area contributed by atoms with Crippen molar-refractivity contribution in [2.24, 2.45) is 10.9 Å². The minimum absolute atomic E-state index is 0.0303. The second-order valence-electron chi connectivity index (χ2n) is 17.0. The number of para-hydroxylation sites is 1. The number of allylic oxidation sites excluding steroid dienone is 4. The van der Waals surface area contributed by atoms with E-state index in [9.17, 15) is 9.90 Å². The normalized spacial score (nSPS) is 23.6. The molecule has 6 unspecified atom stereocenters. The maximum atomic E-state index is 14.7. The van der Waals surface area contributed by atoms with Gasteiger partial charge in [0.15, 0.2) is 0 Å². The third-order valence-corrected chi connectivity index (χ3v) is 12.8. The lowest BCUT2D eigenvalue weighted by Gasteiger charge is -2.40. The second kappa shape index (κ2) is 17.5. The number of aliphatic imine (C=N–C) groups is 1. The molecule has 4 aliphatic rings. The molecule has 0 bridgehead atoms. The van der Waals surface area contributed by atoms with Gasteiger partial charge in [-0.25, -0.2) is 4.98 Å². The Morgan fingerprint density at radius 3 is 2.63 bits per heavy atom. The van der Waals surface area contributed by atoms with Gasteiger partial charge in [0.25, 0.3) is 5.91 Å². The van der Waals surface area contributed by atoms with Crippen molar-refractivity contribution in [3.05, 3.63) is 156 Å². The molecule has 6 heterocycles. The number of amides is 1. The Morgan fingerprint density at radius 1 is 0.889 bits per heavy atom. The highest BCUT2D eigenvalue weighted by atomic mass is 16.5. The number of aliphatic hydroxyl groups is 1. The van der Waals surface area contributed by atoms with Crippen molar-refractivity contribution >= 4 is 22.5 Å². The van der Waals surface area contributed by atoms with Crippen molar-refractivity contribution in [3.63, 3.8) is 0 Å². The Kier molecular flexibility index (Phi) is 11.2. The van der Waals surface area contributed by atoms with Crippen LogP contribution in [0, 0.1) is 5.92 Å². The lowest BCUT2D eigenvalue weighted by Crippen LogP contribution is -2.48. The minimum atomic E-state index is -0.924. The molecule has 2 saturated heterocycles. The lowest BCUT2D eigenvalue weighted by atomic mass is 9.90. The number of nitrogens with zero attached hydrogens (tertiary/aromatic N) is 10. The van der Waals surface area contributed by atoms with Gasteiger partial charge in [0.05, 0.1) is 47.3 Å². The fourth-order valence-corrected chi connectivity index (χ4v) is 9.35. The zero-order valence-corrected chi connectivity index (χ0v) is 35.5. The number of aromatic nitrogens is 7. The molecule has 1 amide bonds. The largest absolute Gasteiger partial charge is 0.473 e. The summed E-state index contributed by atoms with van der Waals surface area (Å²) in [6, 6.07) is 23.7. The SMILES string of the molecule is CC1CCC(N=C2NC=CC3C=CCC=C23)CN1C(=O)c1cc(Cc2cnn(-c3ccccc3C(O)N3CC(Oc4nccc5ccccc45)CCC3C)n2)ccc1-n1nccn1. The molecule has 3 aliphatic heterocycles. The molecular formula is C49H51N11O3. The van der Waals surface area contributed by atoms with E-state index in [0.717, 1.165) is 54.3 Å². The third kappa shape index (κ3) is 8.31. The van der Waals surface area contributed by atoms with Gasteiger partial charge in [-0.05, 0) is 93.4 Å². The van der Waals surface area contributed by atoms with E-state index in [0.29, 0.717) is 53.6 Å². The predicted octanol–water partition coefficient (Wildman–Crippen LogP) is 6.92. The van der Waals surface area contributed by atoms with Crippen molar-refractivity contribution in [2.75, 3.05) is 13.1 Å². The topological polar surface area (TPSA) is 152 Å². The zero-order chi connectivity index (χ0) is 42.9. The standard InChI is InChI=1S/C49H51N11O3/c1-32-15-18-37(55-46-40-11-5-3-9-35(40)21-23-50-46)30-57(32)49(62)43-28-34(17-20-45(43)59-52-25-26-53-59)27-38-29-54-60(56-38)44-14-8-7-13-42(44)48(61)58-31-39(19-16-33(58)2)63-47-41-12-6-4-10-36(41)22-24-51-47/h3-4,6-14,17,20-26,28-29,32-33,35,37,39,48,61H,5,15-16,18-19,27,30-31H2,1-2H3,(H,50,55). The van der Waals surface area contributed by atoms with E-state index in [1.807, 2.05) is 77.8 Å². The van der Waals surface area contributed by atoms with Gasteiger partial charge in [0, 0.05) is 60.2 Å². The number of carbonyl (C=O) groups is 1. The summed E-state index contributed by atoms with van der Waals surface area (Å²) >= 11 is 0. The number of hydrogen-bond acceptors (Lipinski definition) is 10. The van der Waals surface area contributed by atoms with E-state index >= 15 is 0 Å². The van der Waals surface area contributed by atoms with Gasteiger partial charge in [0.1, 0.15) is 18.2 Å². The van der Waals surface area contributed by atoms with Crippen molar-refractivity contribution < 1.29 is 14.6 Å². The van der Waals surface area contributed by atoms with Crippen molar-refractivity contribution in [2.45, 2.75) is 82.8 Å². The van der Waals surface area contributed by atoms with Crippen LogP contribution in [0.15, 0.2) is 139 Å². The number of rotatable bonds is 10. The summed E-state index contributed by atoms with van der Waals surface area (Å²) in [6.45, 7) is 5.28. The highest BCUT2D eigenvalue weighted by molar-refractivity contribution is 6.01. The van der Waals surface area contributed by atoms with Gasteiger partial charge in [-0.1, -0.05) is 66.8 Å². The van der Waals surface area contributed by atoms with Crippen LogP contribution >= 0.6 is 0 Å². The summed E-state index contributed by atoms with van der Waals surface area (Å²) in [5, 5.41) is 35.8. The van der Waals surface area contributed by atoms with Crippen LogP contribution in [0.5, 0.6) is 5.88 Å². The monoisotopic (exact) mass is 841 g/mol. The Balaban J connectivity index is 0.872. The summed E-state index contributed by atoms with van der Waals surface area (Å²) in [5.41, 5.74) is 5.30. The molecule has 2 N–H and O–H groups in total. The van der Waals surface area contributed by atoms with Crippen LogP contribution < -0.4 is 10.1 Å². The molecule has 0 saturated carbocycles. The number of likely N-dealkylation sites (tertiary alicyclic amines) is 2. The van der Waals surface area contributed by atoms with Crippen LogP contribution in [0.3, 0.4) is 0 Å². The maximum Gasteiger partial charge on any atom is 0.256 e. The van der Waals surface area contributed by atoms with E-state index in [1.54, 1.807) is 29.6 Å². The van der Waals surface area contributed by atoms with Gasteiger partial charge >= 0.3 is 0 Å². The summed E-state index contributed by atoms with van der Waals surface area (Å²) in [4.78, 5) is 31.5. The van der Waals surface area contributed by atoms with E-state index in [1.165, 1.54) is 10.4 Å².